The molecule has 0 radical (unpaired) electrons. The molecular weight excluding hydrogens is 352 g/mol. The molecule has 0 saturated heterocycles. The Kier molecular flexibility index (Phi) is 5.06. The summed E-state index contributed by atoms with van der Waals surface area (Å²) in [4.78, 5) is 24.4. The predicted octanol–water partition coefficient (Wildman–Crippen LogP) is 5.08. The van der Waals surface area contributed by atoms with Crippen LogP contribution in [-0.4, -0.2) is 11.8 Å². The summed E-state index contributed by atoms with van der Waals surface area (Å²) < 4.78 is 5.88. The first-order valence-electron chi connectivity index (χ1n) is 9.23. The van der Waals surface area contributed by atoms with Crippen LogP contribution in [-0.2, 0) is 4.79 Å². The Morgan fingerprint density at radius 3 is 2.18 bits per heavy atom. The van der Waals surface area contributed by atoms with Gasteiger partial charge >= 0.3 is 0 Å². The molecule has 5 nitrogen and oxygen atoms in total. The smallest absolute Gasteiger partial charge is 0.255 e. The third-order valence-corrected chi connectivity index (χ3v) is 4.47. The fourth-order valence-electron chi connectivity index (χ4n) is 2.76. The largest absolute Gasteiger partial charge is 0.455 e. The van der Waals surface area contributed by atoms with E-state index in [4.69, 9.17) is 4.74 Å². The molecule has 0 heterocycles. The number of amides is 2. The summed E-state index contributed by atoms with van der Waals surface area (Å²) in [5, 5.41) is 5.75. The van der Waals surface area contributed by atoms with Gasteiger partial charge in [0.25, 0.3) is 5.91 Å². The van der Waals surface area contributed by atoms with Gasteiger partial charge in [0.05, 0.1) is 5.69 Å². The maximum absolute atomic E-state index is 12.6. The van der Waals surface area contributed by atoms with E-state index in [1.54, 1.807) is 36.4 Å². The molecule has 0 aromatic heterocycles. The van der Waals surface area contributed by atoms with Gasteiger partial charge in [0, 0.05) is 17.2 Å². The lowest BCUT2D eigenvalue weighted by Crippen LogP contribution is -2.14. The molecule has 0 bridgehead atoms. The lowest BCUT2D eigenvalue weighted by atomic mass is 10.2. The van der Waals surface area contributed by atoms with Gasteiger partial charge < -0.3 is 15.4 Å². The van der Waals surface area contributed by atoms with Gasteiger partial charge in [0.1, 0.15) is 5.75 Å². The second kappa shape index (κ2) is 7.96. The van der Waals surface area contributed by atoms with Crippen LogP contribution < -0.4 is 15.4 Å². The van der Waals surface area contributed by atoms with E-state index < -0.39 is 0 Å². The van der Waals surface area contributed by atoms with Crippen LogP contribution in [0.2, 0.25) is 0 Å². The Bertz CT molecular complexity index is 980. The average molecular weight is 372 g/mol. The van der Waals surface area contributed by atoms with Crippen LogP contribution in [0.25, 0.3) is 0 Å². The second-order valence-corrected chi connectivity index (χ2v) is 6.71. The molecule has 2 N–H and O–H groups in total. The molecule has 0 atom stereocenters. The van der Waals surface area contributed by atoms with Crippen molar-refractivity contribution in [3.05, 3.63) is 84.4 Å². The Hall–Kier alpha value is -3.60. The van der Waals surface area contributed by atoms with Crippen molar-refractivity contribution in [3.8, 4) is 11.5 Å². The van der Waals surface area contributed by atoms with Crippen LogP contribution in [0.5, 0.6) is 11.5 Å². The molecular formula is C23H20N2O3. The van der Waals surface area contributed by atoms with Gasteiger partial charge in [-0.25, -0.2) is 0 Å². The summed E-state index contributed by atoms with van der Waals surface area (Å²) in [5.41, 5.74) is 1.78. The highest BCUT2D eigenvalue weighted by Crippen LogP contribution is 2.31. The maximum Gasteiger partial charge on any atom is 0.255 e. The number of anilines is 2. The molecule has 3 aromatic carbocycles. The Morgan fingerprint density at radius 1 is 0.786 bits per heavy atom. The molecule has 0 spiro atoms. The van der Waals surface area contributed by atoms with Crippen molar-refractivity contribution < 1.29 is 14.3 Å². The predicted molar refractivity (Wildman–Crippen MR) is 109 cm³/mol. The van der Waals surface area contributed by atoms with Gasteiger partial charge in [-0.1, -0.05) is 30.3 Å². The summed E-state index contributed by atoms with van der Waals surface area (Å²) >= 11 is 0. The molecule has 4 rings (SSSR count). The Labute approximate surface area is 163 Å². The summed E-state index contributed by atoms with van der Waals surface area (Å²) in [6.45, 7) is 0. The SMILES string of the molecule is O=C(Nc1ccccc1Oc1ccccc1)c1ccc(NC(=O)C2CC2)cc1. The van der Waals surface area contributed by atoms with E-state index >= 15 is 0 Å². The number of benzene rings is 3. The van der Waals surface area contributed by atoms with Crippen molar-refractivity contribution in [2.45, 2.75) is 12.8 Å². The minimum absolute atomic E-state index is 0.0455. The van der Waals surface area contributed by atoms with Crippen LogP contribution in [0.4, 0.5) is 11.4 Å². The molecule has 3 aromatic rings. The monoisotopic (exact) mass is 372 g/mol. The maximum atomic E-state index is 12.6. The third-order valence-electron chi connectivity index (χ3n) is 4.47. The van der Waals surface area contributed by atoms with E-state index in [1.165, 1.54) is 0 Å². The van der Waals surface area contributed by atoms with Crippen LogP contribution >= 0.6 is 0 Å². The van der Waals surface area contributed by atoms with Gasteiger partial charge in [-0.3, -0.25) is 9.59 Å². The van der Waals surface area contributed by atoms with Crippen molar-refractivity contribution in [1.29, 1.82) is 0 Å². The number of nitrogens with one attached hydrogen (secondary N) is 2. The third kappa shape index (κ3) is 4.38. The molecule has 0 aliphatic heterocycles. The topological polar surface area (TPSA) is 67.4 Å². The molecule has 1 saturated carbocycles. The van der Waals surface area contributed by atoms with Crippen molar-refractivity contribution in [2.24, 2.45) is 5.92 Å². The first-order valence-corrected chi connectivity index (χ1v) is 9.23. The van der Waals surface area contributed by atoms with Gasteiger partial charge in [-0.2, -0.15) is 0 Å². The molecule has 1 aliphatic carbocycles. The zero-order valence-electron chi connectivity index (χ0n) is 15.2. The zero-order chi connectivity index (χ0) is 19.3. The highest BCUT2D eigenvalue weighted by Gasteiger charge is 2.29. The van der Waals surface area contributed by atoms with Crippen LogP contribution in [0, 0.1) is 5.92 Å². The number of hydrogen-bond acceptors (Lipinski definition) is 3. The van der Waals surface area contributed by atoms with Crippen molar-refractivity contribution in [3.63, 3.8) is 0 Å². The van der Waals surface area contributed by atoms with Crippen LogP contribution in [0.1, 0.15) is 23.2 Å². The standard InChI is InChI=1S/C23H20N2O3/c26-22(16-10-11-16)24-18-14-12-17(13-15-18)23(27)25-20-8-4-5-9-21(20)28-19-6-2-1-3-7-19/h1-9,12-16H,10-11H2,(H,24,26)(H,25,27). The molecule has 28 heavy (non-hydrogen) atoms. The van der Waals surface area contributed by atoms with Gasteiger partial charge in [-0.05, 0) is 61.4 Å². The van der Waals surface area contributed by atoms with Gasteiger partial charge in [0.2, 0.25) is 5.91 Å². The summed E-state index contributed by atoms with van der Waals surface area (Å²) in [6.07, 6.45) is 1.91. The van der Waals surface area contributed by atoms with E-state index in [9.17, 15) is 9.59 Å². The minimum Gasteiger partial charge on any atom is -0.455 e. The van der Waals surface area contributed by atoms with E-state index in [-0.39, 0.29) is 17.7 Å². The Balaban J connectivity index is 1.44. The molecule has 1 aliphatic rings. The quantitative estimate of drug-likeness (QED) is 0.634. The Morgan fingerprint density at radius 2 is 1.46 bits per heavy atom. The van der Waals surface area contributed by atoms with Crippen molar-refractivity contribution >= 4 is 23.2 Å². The first kappa shape index (κ1) is 17.8. The number of ether oxygens (including phenoxy) is 1. The number of carbonyl (C=O) groups excluding carboxylic acids is 2. The second-order valence-electron chi connectivity index (χ2n) is 6.71. The first-order chi connectivity index (χ1) is 13.7. The molecule has 0 unspecified atom stereocenters. The highest BCUT2D eigenvalue weighted by molar-refractivity contribution is 6.05. The summed E-state index contributed by atoms with van der Waals surface area (Å²) in [5.74, 6) is 1.20. The zero-order valence-corrected chi connectivity index (χ0v) is 15.2. The fraction of sp³-hybridized carbons (Fsp3) is 0.130. The van der Waals surface area contributed by atoms with Gasteiger partial charge in [-0.15, -0.1) is 0 Å². The van der Waals surface area contributed by atoms with Gasteiger partial charge in [0.15, 0.2) is 5.75 Å². The number of para-hydroxylation sites is 3. The normalized spacial score (nSPS) is 12.9. The lowest BCUT2D eigenvalue weighted by molar-refractivity contribution is -0.117. The van der Waals surface area contributed by atoms with E-state index in [0.717, 1.165) is 12.8 Å². The van der Waals surface area contributed by atoms with E-state index in [1.807, 2.05) is 42.5 Å². The summed E-state index contributed by atoms with van der Waals surface area (Å²) in [7, 11) is 0. The lowest BCUT2D eigenvalue weighted by Gasteiger charge is -2.12. The van der Waals surface area contributed by atoms with Crippen LogP contribution in [0.3, 0.4) is 0 Å². The summed E-state index contributed by atoms with van der Waals surface area (Å²) in [6, 6.07) is 23.5. The molecule has 5 heteroatoms. The van der Waals surface area contributed by atoms with Crippen molar-refractivity contribution in [1.82, 2.24) is 0 Å². The fourth-order valence-corrected chi connectivity index (χ4v) is 2.76. The molecule has 2 amide bonds. The number of carbonyl (C=O) groups is 2. The average Bonchev–Trinajstić information content (AvgIpc) is 3.56. The van der Waals surface area contributed by atoms with E-state index in [2.05, 4.69) is 10.6 Å². The van der Waals surface area contributed by atoms with Crippen LogP contribution in [0.15, 0.2) is 78.9 Å². The molecule has 140 valence electrons. The number of rotatable bonds is 6. The highest BCUT2D eigenvalue weighted by atomic mass is 16.5. The minimum atomic E-state index is -0.246. The number of hydrogen-bond donors (Lipinski definition) is 2. The van der Waals surface area contributed by atoms with Crippen molar-refractivity contribution in [2.75, 3.05) is 10.6 Å². The van der Waals surface area contributed by atoms with E-state index in [0.29, 0.717) is 28.4 Å². The molecule has 1 fully saturated rings.